The van der Waals surface area contributed by atoms with Gasteiger partial charge in [0.1, 0.15) is 13.2 Å². The number of anilines is 1. The molecule has 5 aromatic rings. The summed E-state index contributed by atoms with van der Waals surface area (Å²) in [5.41, 5.74) is 5.00. The fraction of sp³-hybridized carbons (Fsp3) is 0.0857. The molecule has 0 fully saturated rings. The van der Waals surface area contributed by atoms with E-state index in [1.807, 2.05) is 54.6 Å². The van der Waals surface area contributed by atoms with Crippen LogP contribution >= 0.6 is 15.9 Å². The first kappa shape index (κ1) is 28.3. The molecule has 3 heterocycles. The van der Waals surface area contributed by atoms with Crippen LogP contribution in [0.1, 0.15) is 31.1 Å². The lowest BCUT2D eigenvalue weighted by Gasteiger charge is -2.22. The van der Waals surface area contributed by atoms with Crippen LogP contribution in [0.3, 0.4) is 0 Å². The Bertz CT molecular complexity index is 2020. The fourth-order valence-electron chi connectivity index (χ4n) is 5.47. The summed E-state index contributed by atoms with van der Waals surface area (Å²) in [6.07, 6.45) is 0. The summed E-state index contributed by atoms with van der Waals surface area (Å²) < 4.78 is 18.2. The second-order valence-electron chi connectivity index (χ2n) is 10.4. The molecule has 0 aliphatic carbocycles. The van der Waals surface area contributed by atoms with Crippen LogP contribution in [0.25, 0.3) is 33.6 Å². The molecule has 10 heteroatoms. The molecule has 45 heavy (non-hydrogen) atoms. The molecule has 2 aliphatic heterocycles. The number of carbonyl (C=O) groups excluding carboxylic acids is 2. The quantitative estimate of drug-likeness (QED) is 0.191. The molecular formula is C35H23BrN2O7. The lowest BCUT2D eigenvalue weighted by molar-refractivity contribution is 0.0696. The predicted molar refractivity (Wildman–Crippen MR) is 170 cm³/mol. The van der Waals surface area contributed by atoms with E-state index in [2.05, 4.69) is 15.9 Å². The van der Waals surface area contributed by atoms with Gasteiger partial charge in [-0.1, -0.05) is 40.2 Å². The van der Waals surface area contributed by atoms with Crippen LogP contribution in [0.4, 0.5) is 5.69 Å². The highest BCUT2D eigenvalue weighted by atomic mass is 79.9. The zero-order chi connectivity index (χ0) is 31.2. The minimum absolute atomic E-state index is 0.0514. The van der Waals surface area contributed by atoms with Gasteiger partial charge in [-0.2, -0.15) is 0 Å². The molecule has 222 valence electrons. The molecule has 0 radical (unpaired) electrons. The SMILES string of the molecule is COc1cc(-c2cc(-c3ccc(Br)cc3)nc(-c3cccc(N4C(=O)c5ccc(C(=O)O)cc5C4=O)c3)c2)cc2c1OCCO2. The number of aromatic carboxylic acids is 1. The first-order valence-corrected chi connectivity index (χ1v) is 14.7. The van der Waals surface area contributed by atoms with E-state index in [-0.39, 0.29) is 16.7 Å². The van der Waals surface area contributed by atoms with E-state index in [1.165, 1.54) is 18.2 Å². The number of rotatable bonds is 6. The van der Waals surface area contributed by atoms with Crippen molar-refractivity contribution in [3.05, 3.63) is 112 Å². The van der Waals surface area contributed by atoms with Gasteiger partial charge in [-0.05, 0) is 77.9 Å². The molecule has 2 aliphatic rings. The van der Waals surface area contributed by atoms with Gasteiger partial charge in [-0.3, -0.25) is 9.59 Å². The Balaban J connectivity index is 1.34. The Morgan fingerprint density at radius 3 is 2.27 bits per heavy atom. The number of pyridine rings is 1. The van der Waals surface area contributed by atoms with E-state index in [4.69, 9.17) is 19.2 Å². The summed E-state index contributed by atoms with van der Waals surface area (Å²) in [5.74, 6) is -0.608. The largest absolute Gasteiger partial charge is 0.493 e. The van der Waals surface area contributed by atoms with Crippen LogP contribution < -0.4 is 19.1 Å². The van der Waals surface area contributed by atoms with Crippen LogP contribution in [0.5, 0.6) is 17.2 Å². The smallest absolute Gasteiger partial charge is 0.335 e. The minimum atomic E-state index is -1.18. The Labute approximate surface area is 265 Å². The van der Waals surface area contributed by atoms with Crippen molar-refractivity contribution in [3.63, 3.8) is 0 Å². The molecule has 1 N–H and O–H groups in total. The van der Waals surface area contributed by atoms with Gasteiger partial charge < -0.3 is 19.3 Å². The highest BCUT2D eigenvalue weighted by molar-refractivity contribution is 9.10. The number of amides is 2. The molecule has 0 unspecified atom stereocenters. The number of hydrogen-bond acceptors (Lipinski definition) is 7. The van der Waals surface area contributed by atoms with Crippen molar-refractivity contribution in [2.45, 2.75) is 0 Å². The van der Waals surface area contributed by atoms with Gasteiger partial charge in [0.2, 0.25) is 5.75 Å². The van der Waals surface area contributed by atoms with E-state index in [0.717, 1.165) is 26.1 Å². The molecule has 2 amide bonds. The molecule has 1 aromatic heterocycles. The number of carbonyl (C=O) groups is 3. The molecule has 7 rings (SSSR count). The van der Waals surface area contributed by atoms with E-state index in [1.54, 1.807) is 25.3 Å². The maximum atomic E-state index is 13.4. The third kappa shape index (κ3) is 5.08. The van der Waals surface area contributed by atoms with Crippen molar-refractivity contribution in [2.75, 3.05) is 25.2 Å². The van der Waals surface area contributed by atoms with Gasteiger partial charge >= 0.3 is 5.97 Å². The lowest BCUT2D eigenvalue weighted by atomic mass is 9.99. The molecule has 0 atom stereocenters. The van der Waals surface area contributed by atoms with Crippen molar-refractivity contribution in [1.29, 1.82) is 0 Å². The number of aromatic nitrogens is 1. The number of carboxylic acids is 1. The number of benzene rings is 4. The molecule has 0 saturated heterocycles. The first-order valence-electron chi connectivity index (χ1n) is 13.9. The number of ether oxygens (including phenoxy) is 3. The van der Waals surface area contributed by atoms with Crippen molar-refractivity contribution >= 4 is 39.4 Å². The van der Waals surface area contributed by atoms with Gasteiger partial charge in [0, 0.05) is 15.6 Å². The number of hydrogen-bond donors (Lipinski definition) is 1. The average molecular weight is 663 g/mol. The Morgan fingerprint density at radius 2 is 1.51 bits per heavy atom. The maximum Gasteiger partial charge on any atom is 0.335 e. The van der Waals surface area contributed by atoms with Crippen molar-refractivity contribution in [3.8, 4) is 50.9 Å². The van der Waals surface area contributed by atoms with E-state index >= 15 is 0 Å². The average Bonchev–Trinajstić information content (AvgIpc) is 3.32. The molecule has 0 bridgehead atoms. The second-order valence-corrected chi connectivity index (χ2v) is 11.3. The summed E-state index contributed by atoms with van der Waals surface area (Å²) >= 11 is 3.49. The summed E-state index contributed by atoms with van der Waals surface area (Å²) in [4.78, 5) is 44.2. The van der Waals surface area contributed by atoms with Gasteiger partial charge in [-0.15, -0.1) is 0 Å². The first-order chi connectivity index (χ1) is 21.8. The third-order valence-electron chi connectivity index (χ3n) is 7.66. The Kier molecular flexibility index (Phi) is 7.06. The predicted octanol–water partition coefficient (Wildman–Crippen LogP) is 7.12. The van der Waals surface area contributed by atoms with Crippen molar-refractivity contribution in [2.24, 2.45) is 0 Å². The number of carboxylic acid groups (broad SMARTS) is 1. The minimum Gasteiger partial charge on any atom is -0.493 e. The van der Waals surface area contributed by atoms with Gasteiger partial charge in [-0.25, -0.2) is 14.7 Å². The van der Waals surface area contributed by atoms with Crippen molar-refractivity contribution in [1.82, 2.24) is 4.98 Å². The monoisotopic (exact) mass is 662 g/mol. The Morgan fingerprint density at radius 1 is 0.800 bits per heavy atom. The zero-order valence-electron chi connectivity index (χ0n) is 23.7. The number of nitrogens with zero attached hydrogens (tertiary/aromatic N) is 2. The summed E-state index contributed by atoms with van der Waals surface area (Å²) in [6, 6.07) is 26.4. The van der Waals surface area contributed by atoms with Gasteiger partial charge in [0.15, 0.2) is 11.5 Å². The van der Waals surface area contributed by atoms with Crippen LogP contribution in [0.15, 0.2) is 95.5 Å². The number of imide groups is 1. The van der Waals surface area contributed by atoms with Crippen LogP contribution in [-0.4, -0.2) is 48.2 Å². The number of fused-ring (bicyclic) bond motifs is 2. The van der Waals surface area contributed by atoms with Crippen LogP contribution in [0, 0.1) is 0 Å². The summed E-state index contributed by atoms with van der Waals surface area (Å²) in [7, 11) is 1.58. The van der Waals surface area contributed by atoms with Gasteiger partial charge in [0.25, 0.3) is 11.8 Å². The van der Waals surface area contributed by atoms with Crippen molar-refractivity contribution < 1.29 is 33.7 Å². The lowest BCUT2D eigenvalue weighted by Crippen LogP contribution is -2.29. The van der Waals surface area contributed by atoms with E-state index < -0.39 is 17.8 Å². The molecule has 4 aromatic carbocycles. The topological polar surface area (TPSA) is 115 Å². The molecular weight excluding hydrogens is 640 g/mol. The standard InChI is InChI=1S/C35H23BrN2O7/c1-43-30-17-23(18-31-32(30)45-12-11-44-31)22-15-28(19-5-8-24(36)9-6-19)37-29(16-22)20-3-2-4-25(13-20)38-33(39)26-10-7-21(35(41)42)14-27(26)34(38)40/h2-10,13-18H,11-12H2,1H3,(H,41,42). The van der Waals surface area contributed by atoms with Crippen LogP contribution in [0.2, 0.25) is 0 Å². The zero-order valence-corrected chi connectivity index (χ0v) is 25.3. The van der Waals surface area contributed by atoms with Gasteiger partial charge in [0.05, 0.1) is 40.9 Å². The maximum absolute atomic E-state index is 13.4. The summed E-state index contributed by atoms with van der Waals surface area (Å²) in [5, 5.41) is 9.38. The molecule has 9 nitrogen and oxygen atoms in total. The molecule has 0 spiro atoms. The highest BCUT2D eigenvalue weighted by Crippen LogP contribution is 2.44. The number of methoxy groups -OCH3 is 1. The highest BCUT2D eigenvalue weighted by Gasteiger charge is 2.37. The fourth-order valence-corrected chi connectivity index (χ4v) is 5.73. The molecule has 0 saturated carbocycles. The number of halogens is 1. The third-order valence-corrected chi connectivity index (χ3v) is 8.19. The van der Waals surface area contributed by atoms with E-state index in [0.29, 0.717) is 53.1 Å². The summed E-state index contributed by atoms with van der Waals surface area (Å²) in [6.45, 7) is 0.855. The Hall–Kier alpha value is -5.48. The van der Waals surface area contributed by atoms with Crippen LogP contribution in [-0.2, 0) is 0 Å². The second kappa shape index (κ2) is 11.2. The van der Waals surface area contributed by atoms with E-state index in [9.17, 15) is 19.5 Å². The normalized spacial score (nSPS) is 13.5.